The highest BCUT2D eigenvalue weighted by Gasteiger charge is 2.48. The maximum atomic E-state index is 14.1. The molecule has 1 amide bonds. The molecule has 1 aliphatic rings. The highest BCUT2D eigenvalue weighted by Crippen LogP contribution is 2.27. The predicted molar refractivity (Wildman–Crippen MR) is 275 cm³/mol. The summed E-state index contributed by atoms with van der Waals surface area (Å²) in [5, 5.41) is 24.7. The van der Waals surface area contributed by atoms with Crippen molar-refractivity contribution in [2.45, 2.75) is 211 Å². The number of ether oxygens (including phenoxy) is 4. The third-order valence-electron chi connectivity index (χ3n) is 12.8. The summed E-state index contributed by atoms with van der Waals surface area (Å²) < 4.78 is 24.3. The molecule has 1 saturated heterocycles. The standard InChI is InChI=1S/C59H85NO9/c1-2-3-4-5-6-7-12-17-31-42-51(67-54(63)43-32-18-13-8-10-15-23-34-48-36-25-20-26-37-48)45-53(62)60-56-58(57(65)52(46-61)68-59(56)66-47-50-40-29-22-30-41-50)69-55(64)44-33-19-14-9-11-16-24-35-49-38-27-21-28-39-49/h10-11,15-16,20-22,25-30,36-41,51-52,56-59,61,65H,2-9,12-14,17-19,23-24,31-35,42-47H2,1H3,(H,60,62)/b15-10-,16-11-/t51-,52+,56+,57+,58+,59+/m0/s1. The van der Waals surface area contributed by atoms with Gasteiger partial charge in [-0.15, -0.1) is 0 Å². The van der Waals surface area contributed by atoms with Crippen molar-refractivity contribution < 1.29 is 43.5 Å². The number of hydrogen-bond acceptors (Lipinski definition) is 9. The molecule has 0 aliphatic carbocycles. The van der Waals surface area contributed by atoms with Crippen LogP contribution in [0.2, 0.25) is 0 Å². The smallest absolute Gasteiger partial charge is 0.306 e. The number of aryl methyl sites for hydroxylation is 2. The van der Waals surface area contributed by atoms with Crippen LogP contribution in [0.3, 0.4) is 0 Å². The lowest BCUT2D eigenvalue weighted by Gasteiger charge is -2.43. The molecule has 10 heteroatoms. The van der Waals surface area contributed by atoms with Crippen LogP contribution in [-0.2, 0) is 52.8 Å². The molecule has 4 rings (SSSR count). The number of benzene rings is 3. The minimum Gasteiger partial charge on any atom is -0.462 e. The quantitative estimate of drug-likeness (QED) is 0.0293. The van der Waals surface area contributed by atoms with Crippen LogP contribution in [0.15, 0.2) is 115 Å². The van der Waals surface area contributed by atoms with Crippen molar-refractivity contribution in [1.82, 2.24) is 5.32 Å². The summed E-state index contributed by atoms with van der Waals surface area (Å²) in [5.41, 5.74) is 3.50. The highest BCUT2D eigenvalue weighted by atomic mass is 16.7. The average molecular weight is 952 g/mol. The maximum absolute atomic E-state index is 14.1. The van der Waals surface area contributed by atoms with Gasteiger partial charge in [0.25, 0.3) is 0 Å². The van der Waals surface area contributed by atoms with E-state index in [9.17, 15) is 24.6 Å². The Morgan fingerprint density at radius 1 is 0.623 bits per heavy atom. The Kier molecular flexibility index (Phi) is 30.0. The van der Waals surface area contributed by atoms with Crippen LogP contribution in [0, 0.1) is 0 Å². The third-order valence-corrected chi connectivity index (χ3v) is 12.8. The third kappa shape index (κ3) is 25.2. The van der Waals surface area contributed by atoms with Gasteiger partial charge in [-0.2, -0.15) is 0 Å². The van der Waals surface area contributed by atoms with Gasteiger partial charge in [0.2, 0.25) is 5.91 Å². The van der Waals surface area contributed by atoms with Crippen LogP contribution < -0.4 is 5.32 Å². The summed E-state index contributed by atoms with van der Waals surface area (Å²) >= 11 is 0. The number of hydrogen-bond donors (Lipinski definition) is 3. The van der Waals surface area contributed by atoms with Gasteiger partial charge in [0.15, 0.2) is 12.4 Å². The van der Waals surface area contributed by atoms with Crippen molar-refractivity contribution in [2.75, 3.05) is 6.61 Å². The van der Waals surface area contributed by atoms with Gasteiger partial charge in [-0.1, -0.05) is 186 Å². The summed E-state index contributed by atoms with van der Waals surface area (Å²) in [7, 11) is 0. The Hall–Kier alpha value is -4.61. The lowest BCUT2D eigenvalue weighted by atomic mass is 9.96. The maximum Gasteiger partial charge on any atom is 0.306 e. The average Bonchev–Trinajstić information content (AvgIpc) is 3.36. The second-order valence-electron chi connectivity index (χ2n) is 18.7. The molecule has 0 bridgehead atoms. The van der Waals surface area contributed by atoms with Crippen molar-refractivity contribution in [2.24, 2.45) is 0 Å². The fraction of sp³-hybridized carbons (Fsp3) is 0.576. The summed E-state index contributed by atoms with van der Waals surface area (Å²) in [4.78, 5) is 40.7. The minimum absolute atomic E-state index is 0.108. The molecule has 69 heavy (non-hydrogen) atoms. The Morgan fingerprint density at radius 2 is 1.12 bits per heavy atom. The number of allylic oxidation sites excluding steroid dienone is 4. The van der Waals surface area contributed by atoms with Crippen molar-refractivity contribution in [3.05, 3.63) is 132 Å². The zero-order chi connectivity index (χ0) is 49.0. The molecule has 6 atom stereocenters. The number of unbranched alkanes of at least 4 members (excludes halogenated alkanes) is 14. The molecule has 0 radical (unpaired) electrons. The Bertz CT molecular complexity index is 1840. The fourth-order valence-corrected chi connectivity index (χ4v) is 8.73. The molecular weight excluding hydrogens is 867 g/mol. The molecule has 3 aromatic carbocycles. The number of carbonyl (C=O) groups is 3. The lowest BCUT2D eigenvalue weighted by molar-refractivity contribution is -0.276. The second-order valence-corrected chi connectivity index (χ2v) is 18.7. The molecule has 380 valence electrons. The van der Waals surface area contributed by atoms with Crippen LogP contribution in [0.4, 0.5) is 0 Å². The van der Waals surface area contributed by atoms with Crippen molar-refractivity contribution >= 4 is 17.8 Å². The molecule has 1 heterocycles. The van der Waals surface area contributed by atoms with E-state index in [-0.39, 0.29) is 31.8 Å². The van der Waals surface area contributed by atoms with Gasteiger partial charge in [-0.05, 0) is 93.7 Å². The topological polar surface area (TPSA) is 141 Å². The highest BCUT2D eigenvalue weighted by molar-refractivity contribution is 5.78. The van der Waals surface area contributed by atoms with E-state index in [2.05, 4.69) is 85.1 Å². The minimum atomic E-state index is -1.44. The van der Waals surface area contributed by atoms with Crippen molar-refractivity contribution in [1.29, 1.82) is 0 Å². The van der Waals surface area contributed by atoms with Crippen LogP contribution in [-0.4, -0.2) is 71.4 Å². The molecule has 0 spiro atoms. The number of aliphatic hydroxyl groups is 2. The van der Waals surface area contributed by atoms with Crippen LogP contribution in [0.5, 0.6) is 0 Å². The number of aliphatic hydroxyl groups excluding tert-OH is 2. The summed E-state index contributed by atoms with van der Waals surface area (Å²) in [6.07, 6.45) is 25.1. The summed E-state index contributed by atoms with van der Waals surface area (Å²) in [6.45, 7) is 1.78. The number of nitrogens with one attached hydrogen (secondary N) is 1. The van der Waals surface area contributed by atoms with Gasteiger partial charge in [0, 0.05) is 12.8 Å². The monoisotopic (exact) mass is 952 g/mol. The molecule has 10 nitrogen and oxygen atoms in total. The first-order valence-electron chi connectivity index (χ1n) is 26.5. The molecule has 0 unspecified atom stereocenters. The van der Waals surface area contributed by atoms with Gasteiger partial charge < -0.3 is 34.5 Å². The van der Waals surface area contributed by atoms with E-state index in [0.717, 1.165) is 95.5 Å². The lowest BCUT2D eigenvalue weighted by Crippen LogP contribution is -2.66. The van der Waals surface area contributed by atoms with E-state index in [1.54, 1.807) is 0 Å². The van der Waals surface area contributed by atoms with Gasteiger partial charge in [0.05, 0.1) is 19.6 Å². The number of amides is 1. The Labute approximate surface area is 414 Å². The van der Waals surface area contributed by atoms with E-state index in [0.29, 0.717) is 19.3 Å². The van der Waals surface area contributed by atoms with Gasteiger partial charge in [-0.3, -0.25) is 14.4 Å². The van der Waals surface area contributed by atoms with E-state index < -0.39 is 55.2 Å². The molecule has 3 N–H and O–H groups in total. The summed E-state index contributed by atoms with van der Waals surface area (Å²) in [5.74, 6) is -1.29. The fourth-order valence-electron chi connectivity index (χ4n) is 8.73. The van der Waals surface area contributed by atoms with Crippen LogP contribution in [0.25, 0.3) is 0 Å². The van der Waals surface area contributed by atoms with Crippen LogP contribution >= 0.6 is 0 Å². The van der Waals surface area contributed by atoms with E-state index >= 15 is 0 Å². The normalized spacial score (nSPS) is 18.6. The SMILES string of the molecule is CCCCCCCCCCC[C@@H](CC(=O)N[C@H]1[C@H](OCc2ccccc2)O[C@H](CO)[C@@H](O)[C@@H]1OC(=O)CCCCC/C=C\CCc1ccccc1)OC(=O)CCCCC/C=C\CCc1ccccc1. The van der Waals surface area contributed by atoms with Crippen molar-refractivity contribution in [3.8, 4) is 0 Å². The largest absolute Gasteiger partial charge is 0.462 e. The molecule has 0 aromatic heterocycles. The van der Waals surface area contributed by atoms with E-state index in [1.807, 2.05) is 42.5 Å². The van der Waals surface area contributed by atoms with Gasteiger partial charge in [0.1, 0.15) is 24.4 Å². The molecule has 1 aliphatic heterocycles. The summed E-state index contributed by atoms with van der Waals surface area (Å²) in [6, 6.07) is 29.2. The number of rotatable bonds is 37. The first-order chi connectivity index (χ1) is 33.9. The first-order valence-corrected chi connectivity index (χ1v) is 26.5. The van der Waals surface area contributed by atoms with Gasteiger partial charge in [-0.25, -0.2) is 0 Å². The number of esters is 2. The predicted octanol–water partition coefficient (Wildman–Crippen LogP) is 12.2. The zero-order valence-corrected chi connectivity index (χ0v) is 41.8. The Morgan fingerprint density at radius 3 is 1.67 bits per heavy atom. The molecule has 0 saturated carbocycles. The van der Waals surface area contributed by atoms with E-state index in [4.69, 9.17) is 18.9 Å². The second kappa shape index (κ2) is 36.3. The zero-order valence-electron chi connectivity index (χ0n) is 41.8. The van der Waals surface area contributed by atoms with E-state index in [1.165, 1.54) is 43.2 Å². The number of carbonyl (C=O) groups excluding carboxylic acids is 3. The van der Waals surface area contributed by atoms with Crippen molar-refractivity contribution in [3.63, 3.8) is 0 Å². The van der Waals surface area contributed by atoms with Gasteiger partial charge >= 0.3 is 11.9 Å². The van der Waals surface area contributed by atoms with Crippen LogP contribution in [0.1, 0.15) is 171 Å². The molecule has 1 fully saturated rings. The first kappa shape index (κ1) is 57.0. The molecular formula is C59H85NO9. The molecule has 3 aromatic rings. The Balaban J connectivity index is 1.32.